The van der Waals surface area contributed by atoms with Gasteiger partial charge in [0.15, 0.2) is 11.5 Å². The van der Waals surface area contributed by atoms with Gasteiger partial charge in [-0.25, -0.2) is 0 Å². The van der Waals surface area contributed by atoms with Gasteiger partial charge < -0.3 is 31.1 Å². The second-order valence-electron chi connectivity index (χ2n) is 14.8. The number of aryl methyl sites for hydroxylation is 3. The summed E-state index contributed by atoms with van der Waals surface area (Å²) in [4.78, 5) is 36.4. The molecule has 0 atom stereocenters. The monoisotopic (exact) mass is 977 g/mol. The number of fused-ring (bicyclic) bond motifs is 2. The van der Waals surface area contributed by atoms with Crippen LogP contribution in [-0.4, -0.2) is 37.2 Å². The number of nitrogens with one attached hydrogen (secondary N) is 2. The van der Waals surface area contributed by atoms with E-state index in [1.807, 2.05) is 56.3 Å². The fourth-order valence-corrected chi connectivity index (χ4v) is 7.08. The number of carbonyl (C=O) groups is 2. The SMILES string of the molecule is Cc1cc(N=Nc2c(O)c(C(=O)Nc3ccccc3C)cc3ccccc23)c(O)cc1Cl.Cc1ccccc1NC(=O)c1cc2ccccc2c(N=Nc2cc([N+](=O)[O-])c(Cl)cc2O)c1O.[Fe]. The number of nitro benzene ring substituents is 1. The van der Waals surface area contributed by atoms with Crippen LogP contribution in [0.5, 0.6) is 23.0 Å². The predicted octanol–water partition coefficient (Wildman–Crippen LogP) is 14.0. The number of hydrogen-bond donors (Lipinski definition) is 6. The number of nitro groups is 1. The van der Waals surface area contributed by atoms with Gasteiger partial charge in [0.2, 0.25) is 0 Å². The Balaban J connectivity index is 0.000000218. The molecule has 0 heterocycles. The maximum Gasteiger partial charge on any atom is 0.290 e. The third kappa shape index (κ3) is 10.8. The number of phenolic OH excluding ortho intramolecular Hbond substituents is 4. The van der Waals surface area contributed by atoms with E-state index in [0.29, 0.717) is 37.9 Å². The van der Waals surface area contributed by atoms with Crippen molar-refractivity contribution >= 4 is 96.4 Å². The first-order valence-corrected chi connectivity index (χ1v) is 20.6. The Hall–Kier alpha value is -7.88. The van der Waals surface area contributed by atoms with Crippen molar-refractivity contribution in [1.29, 1.82) is 0 Å². The van der Waals surface area contributed by atoms with E-state index >= 15 is 0 Å². The van der Waals surface area contributed by atoms with Crippen LogP contribution in [0.2, 0.25) is 10.0 Å². The van der Waals surface area contributed by atoms with Crippen LogP contribution in [0.15, 0.2) is 154 Å². The smallest absolute Gasteiger partial charge is 0.290 e. The van der Waals surface area contributed by atoms with E-state index in [9.17, 15) is 40.1 Å². The molecule has 2 amide bonds. The summed E-state index contributed by atoms with van der Waals surface area (Å²) in [6.07, 6.45) is 0. The third-order valence-electron chi connectivity index (χ3n) is 10.3. The summed E-state index contributed by atoms with van der Waals surface area (Å²) in [7, 11) is 0. The zero-order valence-electron chi connectivity index (χ0n) is 35.5. The third-order valence-corrected chi connectivity index (χ3v) is 11.0. The van der Waals surface area contributed by atoms with E-state index in [0.717, 1.165) is 28.8 Å². The second kappa shape index (κ2) is 21.0. The standard InChI is InChI=1S/C25H20ClN3O3.C24H17ClN4O5.Fe/c1-14-7-3-6-10-20(14)27-25(32)18-12-16-8-4-5-9-17(16)23(24(18)31)29-28-21-11-15(2)19(26)13-22(21)30;1-13-6-2-5-9-18(13)26-24(32)16-10-14-7-3-4-8-15(14)22(23(16)31)28-27-19-12-20(29(33)34)17(25)11-21(19)30;/h3-13,30-31H,1-2H3,(H,27,32);2-12,30-31H,1H3,(H,26,32);. The van der Waals surface area contributed by atoms with E-state index in [-0.39, 0.29) is 67.5 Å². The first-order valence-electron chi connectivity index (χ1n) is 19.8. The molecular formula is C49H37Cl2FeN7O8. The summed E-state index contributed by atoms with van der Waals surface area (Å²) in [5.41, 5.74) is 3.32. The van der Waals surface area contributed by atoms with Gasteiger partial charge in [-0.15, -0.1) is 20.5 Å². The molecule has 8 aromatic carbocycles. The van der Waals surface area contributed by atoms with Gasteiger partial charge in [-0.1, -0.05) is 108 Å². The van der Waals surface area contributed by atoms with Gasteiger partial charge in [0.1, 0.15) is 39.3 Å². The number of rotatable bonds is 9. The molecular weight excluding hydrogens is 941 g/mol. The van der Waals surface area contributed by atoms with Crippen LogP contribution in [0.4, 0.5) is 39.8 Å². The van der Waals surface area contributed by atoms with E-state index in [2.05, 4.69) is 31.1 Å². The van der Waals surface area contributed by atoms with Crippen LogP contribution in [0.25, 0.3) is 21.5 Å². The van der Waals surface area contributed by atoms with Crippen molar-refractivity contribution in [1.82, 2.24) is 0 Å². The van der Waals surface area contributed by atoms with Crippen LogP contribution in [0.3, 0.4) is 0 Å². The van der Waals surface area contributed by atoms with Crippen LogP contribution >= 0.6 is 23.2 Å². The first kappa shape index (κ1) is 48.6. The van der Waals surface area contributed by atoms with Crippen LogP contribution in [-0.2, 0) is 17.1 Å². The summed E-state index contributed by atoms with van der Waals surface area (Å²) in [6.45, 7) is 5.51. The van der Waals surface area contributed by atoms with Crippen LogP contribution in [0, 0.1) is 30.9 Å². The molecule has 0 spiro atoms. The van der Waals surface area contributed by atoms with E-state index in [1.54, 1.807) is 73.7 Å². The Labute approximate surface area is 402 Å². The van der Waals surface area contributed by atoms with Crippen molar-refractivity contribution in [3.63, 3.8) is 0 Å². The second-order valence-corrected chi connectivity index (χ2v) is 15.6. The van der Waals surface area contributed by atoms with Gasteiger partial charge in [-0.3, -0.25) is 19.7 Å². The zero-order chi connectivity index (χ0) is 47.2. The number of anilines is 2. The minimum absolute atomic E-state index is 0. The fourth-order valence-electron chi connectivity index (χ4n) is 6.69. The van der Waals surface area contributed by atoms with Gasteiger partial charge in [-0.2, -0.15) is 0 Å². The summed E-state index contributed by atoms with van der Waals surface area (Å²) in [5.74, 6) is -2.33. The number of halogens is 2. The number of azo groups is 2. The number of phenols is 4. The summed E-state index contributed by atoms with van der Waals surface area (Å²) in [6, 6.07) is 36.8. The number of hydrogen-bond acceptors (Lipinski definition) is 12. The Morgan fingerprint density at radius 2 is 0.940 bits per heavy atom. The minimum Gasteiger partial charge on any atom is -0.506 e. The molecule has 0 unspecified atom stereocenters. The van der Waals surface area contributed by atoms with E-state index in [4.69, 9.17) is 23.2 Å². The average Bonchev–Trinajstić information content (AvgIpc) is 3.29. The molecule has 0 aromatic heterocycles. The van der Waals surface area contributed by atoms with Gasteiger partial charge in [0.25, 0.3) is 17.5 Å². The molecule has 0 aliphatic rings. The quantitative estimate of drug-likeness (QED) is 0.0352. The Bertz CT molecular complexity index is 3310. The van der Waals surface area contributed by atoms with Crippen molar-refractivity contribution < 1.29 is 52.0 Å². The van der Waals surface area contributed by atoms with Crippen LogP contribution < -0.4 is 10.6 Å². The molecule has 0 aliphatic carbocycles. The number of amides is 2. The molecule has 8 aromatic rings. The Morgan fingerprint density at radius 3 is 1.39 bits per heavy atom. The normalized spacial score (nSPS) is 11.0. The summed E-state index contributed by atoms with van der Waals surface area (Å²) in [5, 5.41) is 77.7. The maximum absolute atomic E-state index is 13.0. The van der Waals surface area contributed by atoms with Crippen molar-refractivity contribution in [3.8, 4) is 23.0 Å². The molecule has 0 fully saturated rings. The maximum atomic E-state index is 13.0. The van der Waals surface area contributed by atoms with E-state index < -0.39 is 33.9 Å². The number of benzene rings is 8. The average molecular weight is 979 g/mol. The van der Waals surface area contributed by atoms with E-state index in [1.165, 1.54) is 12.1 Å². The van der Waals surface area contributed by atoms with Gasteiger partial charge in [-0.05, 0) is 78.6 Å². The number of carbonyl (C=O) groups excluding carboxylic acids is 2. The zero-order valence-corrected chi connectivity index (χ0v) is 38.1. The molecule has 338 valence electrons. The summed E-state index contributed by atoms with van der Waals surface area (Å²) >= 11 is 11.8. The molecule has 67 heavy (non-hydrogen) atoms. The topological polar surface area (TPSA) is 232 Å². The largest absolute Gasteiger partial charge is 0.506 e. The molecule has 15 nitrogen and oxygen atoms in total. The predicted molar refractivity (Wildman–Crippen MR) is 255 cm³/mol. The molecule has 0 bridgehead atoms. The molecule has 0 aliphatic heterocycles. The van der Waals surface area contributed by atoms with Crippen molar-refractivity contribution in [2.45, 2.75) is 20.8 Å². The first-order chi connectivity index (χ1) is 31.6. The Morgan fingerprint density at radius 1 is 0.537 bits per heavy atom. The van der Waals surface area contributed by atoms with Gasteiger partial charge in [0, 0.05) is 62.4 Å². The molecule has 0 saturated heterocycles. The molecule has 8 rings (SSSR count). The molecule has 0 radical (unpaired) electrons. The number of para-hydroxylation sites is 2. The summed E-state index contributed by atoms with van der Waals surface area (Å²) < 4.78 is 0. The van der Waals surface area contributed by atoms with Crippen molar-refractivity contribution in [2.24, 2.45) is 20.5 Å². The van der Waals surface area contributed by atoms with Crippen LogP contribution in [0.1, 0.15) is 37.4 Å². The molecule has 6 N–H and O–H groups in total. The fraction of sp³-hybridized carbons (Fsp3) is 0.0612. The molecule has 0 saturated carbocycles. The van der Waals surface area contributed by atoms with Crippen molar-refractivity contribution in [2.75, 3.05) is 10.6 Å². The molecule has 18 heteroatoms. The number of aromatic hydroxyl groups is 4. The van der Waals surface area contributed by atoms with Crippen molar-refractivity contribution in [3.05, 3.63) is 181 Å². The van der Waals surface area contributed by atoms with Gasteiger partial charge in [0.05, 0.1) is 16.1 Å². The van der Waals surface area contributed by atoms with Gasteiger partial charge >= 0.3 is 0 Å². The number of nitrogens with zero attached hydrogens (tertiary/aromatic N) is 5. The Kier molecular flexibility index (Phi) is 15.2. The minimum atomic E-state index is -0.718.